The maximum absolute atomic E-state index is 4.35. The molecule has 22 heavy (non-hydrogen) atoms. The van der Waals surface area contributed by atoms with E-state index in [9.17, 15) is 0 Å². The molecule has 1 saturated carbocycles. The van der Waals surface area contributed by atoms with Crippen molar-refractivity contribution in [3.63, 3.8) is 0 Å². The lowest BCUT2D eigenvalue weighted by Gasteiger charge is -2.21. The molecule has 0 aromatic rings. The van der Waals surface area contributed by atoms with Gasteiger partial charge in [-0.1, -0.05) is 39.0 Å². The molecule has 0 radical (unpaired) electrons. The van der Waals surface area contributed by atoms with E-state index in [2.05, 4.69) is 27.4 Å². The van der Waals surface area contributed by atoms with E-state index in [1.54, 1.807) is 0 Å². The van der Waals surface area contributed by atoms with Gasteiger partial charge in [0.25, 0.3) is 0 Å². The first-order valence-electron chi connectivity index (χ1n) is 9.48. The Morgan fingerprint density at radius 2 is 1.91 bits per heavy atom. The Labute approximate surface area is 137 Å². The first kappa shape index (κ1) is 17.6. The highest BCUT2D eigenvalue weighted by Gasteiger charge is 2.21. The normalized spacial score (nSPS) is 24.6. The van der Waals surface area contributed by atoms with Crippen molar-refractivity contribution in [2.45, 2.75) is 58.3 Å². The summed E-state index contributed by atoms with van der Waals surface area (Å²) in [5.41, 5.74) is 0. The average molecular weight is 309 g/mol. The van der Waals surface area contributed by atoms with Gasteiger partial charge in [0.15, 0.2) is 5.96 Å². The molecule has 1 aliphatic heterocycles. The summed E-state index contributed by atoms with van der Waals surface area (Å²) in [6, 6.07) is 0. The minimum absolute atomic E-state index is 0.778. The third-order valence-electron chi connectivity index (χ3n) is 5.41. The molecule has 0 aromatic carbocycles. The Morgan fingerprint density at radius 3 is 2.59 bits per heavy atom. The monoisotopic (exact) mass is 308 g/mol. The molecule has 1 unspecified atom stereocenters. The first-order valence-corrected chi connectivity index (χ1v) is 9.48. The Kier molecular flexibility index (Phi) is 8.06. The zero-order valence-electron chi connectivity index (χ0n) is 14.7. The number of nitrogens with zero attached hydrogens (tertiary/aromatic N) is 2. The third-order valence-corrected chi connectivity index (χ3v) is 5.41. The first-order chi connectivity index (χ1) is 10.8. The molecule has 128 valence electrons. The van der Waals surface area contributed by atoms with Crippen LogP contribution in [-0.4, -0.2) is 50.6 Å². The average Bonchev–Trinajstić information content (AvgIpc) is 3.03. The summed E-state index contributed by atoms with van der Waals surface area (Å²) < 4.78 is 0. The molecular formula is C18H36N4. The molecule has 4 heteroatoms. The van der Waals surface area contributed by atoms with Gasteiger partial charge in [-0.15, -0.1) is 0 Å². The van der Waals surface area contributed by atoms with Gasteiger partial charge in [0.2, 0.25) is 0 Å². The lowest BCUT2D eigenvalue weighted by Crippen LogP contribution is -2.40. The van der Waals surface area contributed by atoms with E-state index < -0.39 is 0 Å². The zero-order valence-corrected chi connectivity index (χ0v) is 14.7. The second kappa shape index (κ2) is 10.1. The van der Waals surface area contributed by atoms with E-state index in [4.69, 9.17) is 0 Å². The lowest BCUT2D eigenvalue weighted by atomic mass is 9.86. The molecule has 2 N–H and O–H groups in total. The minimum atomic E-state index is 0.778. The van der Waals surface area contributed by atoms with E-state index in [-0.39, 0.29) is 0 Å². The maximum atomic E-state index is 4.35. The van der Waals surface area contributed by atoms with Gasteiger partial charge < -0.3 is 15.5 Å². The molecule has 2 aliphatic rings. The number of hydrogen-bond acceptors (Lipinski definition) is 2. The largest absolute Gasteiger partial charge is 0.356 e. The predicted octanol–water partition coefficient (Wildman–Crippen LogP) is 2.85. The summed E-state index contributed by atoms with van der Waals surface area (Å²) in [7, 11) is 1.88. The number of guanidine groups is 1. The second-order valence-electron chi connectivity index (χ2n) is 7.07. The van der Waals surface area contributed by atoms with E-state index in [0.29, 0.717) is 0 Å². The van der Waals surface area contributed by atoms with Crippen LogP contribution in [0.1, 0.15) is 58.3 Å². The minimum Gasteiger partial charge on any atom is -0.356 e. The lowest BCUT2D eigenvalue weighted by molar-refractivity contribution is 0.332. The molecule has 0 amide bonds. The summed E-state index contributed by atoms with van der Waals surface area (Å²) in [4.78, 5) is 6.89. The van der Waals surface area contributed by atoms with Gasteiger partial charge in [-0.3, -0.25) is 4.99 Å². The fourth-order valence-corrected chi connectivity index (χ4v) is 3.90. The molecule has 2 fully saturated rings. The van der Waals surface area contributed by atoms with Crippen molar-refractivity contribution in [3.8, 4) is 0 Å². The third kappa shape index (κ3) is 6.15. The molecule has 0 bridgehead atoms. The van der Waals surface area contributed by atoms with Gasteiger partial charge in [-0.25, -0.2) is 0 Å². The molecule has 1 heterocycles. The van der Waals surface area contributed by atoms with E-state index in [1.165, 1.54) is 71.0 Å². The van der Waals surface area contributed by atoms with Crippen LogP contribution in [-0.2, 0) is 0 Å². The molecule has 0 spiro atoms. The van der Waals surface area contributed by atoms with Gasteiger partial charge in [-0.05, 0) is 44.2 Å². The van der Waals surface area contributed by atoms with Crippen LogP contribution >= 0.6 is 0 Å². The van der Waals surface area contributed by atoms with E-state index in [1.807, 2.05) is 7.05 Å². The topological polar surface area (TPSA) is 39.7 Å². The number of hydrogen-bond donors (Lipinski definition) is 2. The quantitative estimate of drug-likeness (QED) is 0.431. The van der Waals surface area contributed by atoms with Crippen LogP contribution in [0.25, 0.3) is 0 Å². The standard InChI is InChI=1S/C18H36N4/c1-3-22-13-11-17(15-22)14-21-18(19-2)20-12-7-10-16-8-5-4-6-9-16/h16-17H,3-15H2,1-2H3,(H2,19,20,21). The SMILES string of the molecule is CCN1CCC(CNC(=NC)NCCCC2CCCCC2)C1. The molecule has 2 rings (SSSR count). The molecule has 4 nitrogen and oxygen atoms in total. The van der Waals surface area contributed by atoms with Gasteiger partial charge in [-0.2, -0.15) is 0 Å². The van der Waals surface area contributed by atoms with Crippen molar-refractivity contribution in [3.05, 3.63) is 0 Å². The highest BCUT2D eigenvalue weighted by Crippen LogP contribution is 2.26. The van der Waals surface area contributed by atoms with Crippen LogP contribution in [0.5, 0.6) is 0 Å². The number of aliphatic imine (C=N–C) groups is 1. The Morgan fingerprint density at radius 1 is 1.09 bits per heavy atom. The predicted molar refractivity (Wildman–Crippen MR) is 95.4 cm³/mol. The molecule has 0 aromatic heterocycles. The summed E-state index contributed by atoms with van der Waals surface area (Å²) in [5.74, 6) is 2.75. The summed E-state index contributed by atoms with van der Waals surface area (Å²) in [6.07, 6.45) is 11.3. The van der Waals surface area contributed by atoms with Crippen molar-refractivity contribution in [2.24, 2.45) is 16.8 Å². The Hall–Kier alpha value is -0.770. The van der Waals surface area contributed by atoms with Crippen LogP contribution in [0.4, 0.5) is 0 Å². The van der Waals surface area contributed by atoms with Crippen LogP contribution in [0.2, 0.25) is 0 Å². The molecular weight excluding hydrogens is 272 g/mol. The fourth-order valence-electron chi connectivity index (χ4n) is 3.90. The van der Waals surface area contributed by atoms with Crippen LogP contribution < -0.4 is 10.6 Å². The van der Waals surface area contributed by atoms with Gasteiger partial charge in [0, 0.05) is 26.7 Å². The number of nitrogens with one attached hydrogen (secondary N) is 2. The molecule has 1 saturated heterocycles. The maximum Gasteiger partial charge on any atom is 0.190 e. The second-order valence-corrected chi connectivity index (χ2v) is 7.07. The van der Waals surface area contributed by atoms with Crippen molar-refractivity contribution in [2.75, 3.05) is 39.8 Å². The van der Waals surface area contributed by atoms with Crippen LogP contribution in [0, 0.1) is 11.8 Å². The van der Waals surface area contributed by atoms with E-state index >= 15 is 0 Å². The summed E-state index contributed by atoms with van der Waals surface area (Å²) in [5, 5.41) is 6.99. The van der Waals surface area contributed by atoms with Gasteiger partial charge >= 0.3 is 0 Å². The van der Waals surface area contributed by atoms with Crippen molar-refractivity contribution in [1.29, 1.82) is 0 Å². The Balaban J connectivity index is 1.53. The van der Waals surface area contributed by atoms with Crippen molar-refractivity contribution >= 4 is 5.96 Å². The van der Waals surface area contributed by atoms with Gasteiger partial charge in [0.05, 0.1) is 0 Å². The summed E-state index contributed by atoms with van der Waals surface area (Å²) in [6.45, 7) is 8.05. The highest BCUT2D eigenvalue weighted by molar-refractivity contribution is 5.79. The zero-order chi connectivity index (χ0) is 15.6. The fraction of sp³-hybridized carbons (Fsp3) is 0.944. The molecule has 1 atom stereocenters. The summed E-state index contributed by atoms with van der Waals surface area (Å²) >= 11 is 0. The van der Waals surface area contributed by atoms with Crippen LogP contribution in [0.15, 0.2) is 4.99 Å². The highest BCUT2D eigenvalue weighted by atomic mass is 15.2. The molecule has 1 aliphatic carbocycles. The van der Waals surface area contributed by atoms with Crippen molar-refractivity contribution in [1.82, 2.24) is 15.5 Å². The van der Waals surface area contributed by atoms with Crippen LogP contribution in [0.3, 0.4) is 0 Å². The number of rotatable bonds is 7. The van der Waals surface area contributed by atoms with Crippen molar-refractivity contribution < 1.29 is 0 Å². The smallest absolute Gasteiger partial charge is 0.190 e. The Bertz CT molecular complexity index is 323. The number of likely N-dealkylation sites (tertiary alicyclic amines) is 1. The van der Waals surface area contributed by atoms with Gasteiger partial charge in [0.1, 0.15) is 0 Å². The van der Waals surface area contributed by atoms with E-state index in [0.717, 1.165) is 30.9 Å².